The topological polar surface area (TPSA) is 244 Å². The maximum Gasteiger partial charge on any atom is 0.331 e. The van der Waals surface area contributed by atoms with Crippen LogP contribution in [0.5, 0.6) is 23.0 Å². The maximum atomic E-state index is 13.0. The highest BCUT2D eigenvalue weighted by Gasteiger charge is 2.49. The number of hydrogen-bond acceptors (Lipinski definition) is 16. The van der Waals surface area contributed by atoms with Crippen LogP contribution in [-0.4, -0.2) is 117 Å². The minimum atomic E-state index is -1.85. The van der Waals surface area contributed by atoms with Crippen LogP contribution in [-0.2, 0) is 23.7 Å². The third-order valence-electron chi connectivity index (χ3n) is 8.84. The van der Waals surface area contributed by atoms with E-state index in [2.05, 4.69) is 0 Å². The number of esters is 1. The Morgan fingerprint density at radius 3 is 2.23 bits per heavy atom. The molecule has 0 spiro atoms. The molecule has 7 N–H and O–H groups in total. The smallest absolute Gasteiger partial charge is 0.331 e. The fraction of sp³-hybridized carbons (Fsp3) is 0.351. The molecule has 0 amide bonds. The second kappa shape index (κ2) is 15.9. The van der Waals surface area contributed by atoms with Crippen molar-refractivity contribution in [3.8, 4) is 34.3 Å². The van der Waals surface area contributed by atoms with Crippen LogP contribution in [0.15, 0.2) is 82.0 Å². The largest absolute Gasteiger partial charge is 0.508 e. The van der Waals surface area contributed by atoms with Gasteiger partial charge in [-0.25, -0.2) is 4.79 Å². The Bertz CT molecular complexity index is 1980. The number of fused-ring (bicyclic) bond motifs is 1. The summed E-state index contributed by atoms with van der Waals surface area (Å²) in [7, 11) is 1.51. The van der Waals surface area contributed by atoms with E-state index in [-0.39, 0.29) is 28.2 Å². The molecule has 4 aromatic rings. The summed E-state index contributed by atoms with van der Waals surface area (Å²) in [5.41, 5.74) is 0.433. The van der Waals surface area contributed by atoms with Crippen LogP contribution in [0.1, 0.15) is 12.5 Å². The zero-order valence-electron chi connectivity index (χ0n) is 28.3. The first-order chi connectivity index (χ1) is 25.3. The Kier molecular flexibility index (Phi) is 11.3. The Morgan fingerprint density at radius 2 is 1.53 bits per heavy atom. The van der Waals surface area contributed by atoms with Crippen molar-refractivity contribution >= 4 is 23.0 Å². The van der Waals surface area contributed by atoms with Crippen LogP contribution in [0.25, 0.3) is 28.4 Å². The number of carbonyl (C=O) groups is 1. The van der Waals surface area contributed by atoms with Crippen molar-refractivity contribution in [1.82, 2.24) is 0 Å². The monoisotopic (exact) mass is 738 g/mol. The van der Waals surface area contributed by atoms with Crippen molar-refractivity contribution in [2.45, 2.75) is 68.3 Å². The number of methoxy groups -OCH3 is 1. The molecule has 10 unspecified atom stereocenters. The van der Waals surface area contributed by atoms with E-state index < -0.39 is 85.2 Å². The van der Waals surface area contributed by atoms with E-state index in [0.29, 0.717) is 16.9 Å². The molecule has 0 aliphatic carbocycles. The quantitative estimate of drug-likeness (QED) is 0.0892. The van der Waals surface area contributed by atoms with Crippen LogP contribution in [0.4, 0.5) is 0 Å². The van der Waals surface area contributed by atoms with Crippen LogP contribution < -0.4 is 14.9 Å². The van der Waals surface area contributed by atoms with Crippen LogP contribution in [0.3, 0.4) is 0 Å². The van der Waals surface area contributed by atoms with Gasteiger partial charge in [0.2, 0.25) is 6.29 Å². The molecule has 2 aliphatic heterocycles. The number of carbonyl (C=O) groups excluding carboxylic acids is 1. The van der Waals surface area contributed by atoms with Gasteiger partial charge in [0.1, 0.15) is 70.2 Å². The number of rotatable bonds is 10. The van der Waals surface area contributed by atoms with E-state index in [0.717, 1.165) is 12.1 Å². The van der Waals surface area contributed by atoms with E-state index in [4.69, 9.17) is 32.8 Å². The summed E-state index contributed by atoms with van der Waals surface area (Å²) in [6.45, 7) is 0.885. The molecule has 0 radical (unpaired) electrons. The molecule has 2 fully saturated rings. The lowest BCUT2D eigenvalue weighted by molar-refractivity contribution is -0.319. The van der Waals surface area contributed by atoms with Gasteiger partial charge in [0.05, 0.1) is 19.8 Å². The molecular weight excluding hydrogens is 700 g/mol. The summed E-state index contributed by atoms with van der Waals surface area (Å²) in [4.78, 5) is 25.9. The van der Waals surface area contributed by atoms with Crippen LogP contribution in [0.2, 0.25) is 0 Å². The molecule has 16 nitrogen and oxygen atoms in total. The third kappa shape index (κ3) is 8.30. The zero-order chi connectivity index (χ0) is 38.0. The number of hydrogen-bond donors (Lipinski definition) is 7. The van der Waals surface area contributed by atoms with Gasteiger partial charge in [0, 0.05) is 29.8 Å². The van der Waals surface area contributed by atoms with Gasteiger partial charge in [-0.05, 0) is 55.0 Å². The molecule has 16 heteroatoms. The third-order valence-corrected chi connectivity index (χ3v) is 8.84. The van der Waals surface area contributed by atoms with E-state index >= 15 is 0 Å². The van der Waals surface area contributed by atoms with Crippen molar-refractivity contribution in [1.29, 1.82) is 0 Å². The maximum absolute atomic E-state index is 13.0. The van der Waals surface area contributed by atoms with E-state index in [9.17, 15) is 45.3 Å². The standard InChI is InChI=1S/C37H38O16/c1-17-30(42)32(44)33(45)36(49-17)48-16-27-31(43)35(53-28(41)12-5-18-3-8-20(38)9-4-18)34(46)37(52-27)50-22-13-23(39)29-24(40)15-25(51-26(29)14-22)19-6-10-21(47-2)11-7-19/h3-15,17,27,30-39,42-46H,16H2,1-2H3. The van der Waals surface area contributed by atoms with Gasteiger partial charge in [-0.15, -0.1) is 0 Å². The fourth-order valence-corrected chi connectivity index (χ4v) is 5.88. The number of aliphatic hydroxyl groups is 5. The SMILES string of the molecule is COc1ccc(-c2cc(=O)c3c(O)cc(OC4OC(COC5OC(C)C(O)C(O)C5O)C(O)C(OC(=O)C=Cc5ccc(O)cc5)C4O)cc3o2)cc1. The summed E-state index contributed by atoms with van der Waals surface area (Å²) in [6, 6.07) is 16.2. The van der Waals surface area contributed by atoms with E-state index in [1.807, 2.05) is 0 Å². The van der Waals surface area contributed by atoms with Gasteiger partial charge in [0.15, 0.2) is 23.9 Å². The lowest BCUT2D eigenvalue weighted by Gasteiger charge is -2.43. The second-order valence-electron chi connectivity index (χ2n) is 12.5. The molecule has 6 rings (SSSR count). The van der Waals surface area contributed by atoms with Crippen molar-refractivity contribution < 1.29 is 73.4 Å². The first-order valence-corrected chi connectivity index (χ1v) is 16.5. The molecule has 53 heavy (non-hydrogen) atoms. The molecular formula is C37H38O16. The summed E-state index contributed by atoms with van der Waals surface area (Å²) in [6.07, 6.45) is -13.1. The average molecular weight is 739 g/mol. The first-order valence-electron chi connectivity index (χ1n) is 16.5. The molecule has 0 bridgehead atoms. The number of aromatic hydroxyl groups is 2. The Labute approximate surface area is 301 Å². The fourth-order valence-electron chi connectivity index (χ4n) is 5.88. The van der Waals surface area contributed by atoms with Gasteiger partial charge in [-0.1, -0.05) is 12.1 Å². The minimum absolute atomic E-state index is 0.0170. The predicted molar refractivity (Wildman–Crippen MR) is 183 cm³/mol. The molecule has 0 saturated carbocycles. The van der Waals surface area contributed by atoms with Crippen LogP contribution in [0, 0.1) is 0 Å². The van der Waals surface area contributed by atoms with Crippen molar-refractivity contribution in [3.05, 3.63) is 88.6 Å². The summed E-state index contributed by atoms with van der Waals surface area (Å²) in [5.74, 6) is -0.881. The molecule has 3 heterocycles. The van der Waals surface area contributed by atoms with Gasteiger partial charge < -0.3 is 68.6 Å². The summed E-state index contributed by atoms with van der Waals surface area (Å²) < 4.78 is 39.4. The Balaban J connectivity index is 1.26. The van der Waals surface area contributed by atoms with Gasteiger partial charge in [-0.3, -0.25) is 4.79 Å². The molecule has 2 saturated heterocycles. The summed E-state index contributed by atoms with van der Waals surface area (Å²) >= 11 is 0. The molecule has 2 aliphatic rings. The highest BCUT2D eigenvalue weighted by Crippen LogP contribution is 2.34. The Morgan fingerprint density at radius 1 is 0.811 bits per heavy atom. The molecule has 10 atom stereocenters. The number of phenolic OH excluding ortho intramolecular Hbond substituents is 2. The lowest BCUT2D eigenvalue weighted by atomic mass is 9.98. The van der Waals surface area contributed by atoms with E-state index in [1.165, 1.54) is 56.5 Å². The predicted octanol–water partition coefficient (Wildman–Crippen LogP) is 1.17. The highest BCUT2D eigenvalue weighted by molar-refractivity contribution is 5.87. The number of benzene rings is 3. The van der Waals surface area contributed by atoms with E-state index in [1.54, 1.807) is 24.3 Å². The van der Waals surface area contributed by atoms with Gasteiger partial charge in [-0.2, -0.15) is 0 Å². The highest BCUT2D eigenvalue weighted by atomic mass is 16.7. The lowest BCUT2D eigenvalue weighted by Crippen LogP contribution is -2.62. The average Bonchev–Trinajstić information content (AvgIpc) is 3.14. The minimum Gasteiger partial charge on any atom is -0.508 e. The normalized spacial score (nSPS) is 28.9. The van der Waals surface area contributed by atoms with Gasteiger partial charge >= 0.3 is 5.97 Å². The summed E-state index contributed by atoms with van der Waals surface area (Å²) in [5, 5.41) is 73.4. The zero-order valence-corrected chi connectivity index (χ0v) is 28.3. The molecule has 3 aromatic carbocycles. The van der Waals surface area contributed by atoms with Crippen molar-refractivity contribution in [2.24, 2.45) is 0 Å². The molecule has 1 aromatic heterocycles. The first kappa shape index (κ1) is 37.7. The number of ether oxygens (including phenoxy) is 6. The van der Waals surface area contributed by atoms with Crippen LogP contribution >= 0.6 is 0 Å². The van der Waals surface area contributed by atoms with Crippen molar-refractivity contribution in [2.75, 3.05) is 13.7 Å². The number of aliphatic hydroxyl groups excluding tert-OH is 5. The second-order valence-corrected chi connectivity index (χ2v) is 12.5. The molecule has 282 valence electrons. The number of phenols is 2. The van der Waals surface area contributed by atoms with Gasteiger partial charge in [0.25, 0.3) is 0 Å². The van der Waals surface area contributed by atoms with Crippen molar-refractivity contribution in [3.63, 3.8) is 0 Å². The Hall–Kier alpha value is -5.04.